The third-order valence-corrected chi connectivity index (χ3v) is 3.97. The van der Waals surface area contributed by atoms with Crippen LogP contribution in [-0.2, 0) is 11.2 Å². The molecular weight excluding hydrogens is 320 g/mol. The molecule has 0 spiro atoms. The first kappa shape index (κ1) is 18.6. The molecule has 0 amide bonds. The fourth-order valence-electron chi connectivity index (χ4n) is 2.69. The van der Waals surface area contributed by atoms with Crippen LogP contribution in [0.3, 0.4) is 0 Å². The number of methoxy groups -OCH3 is 2. The molecule has 0 bridgehead atoms. The van der Waals surface area contributed by atoms with Gasteiger partial charge in [-0.1, -0.05) is 25.1 Å². The quantitative estimate of drug-likeness (QED) is 0.747. The van der Waals surface area contributed by atoms with Gasteiger partial charge in [0.15, 0.2) is 0 Å². The first-order valence-electron chi connectivity index (χ1n) is 8.26. The topological polar surface area (TPSA) is 65.0 Å². The number of aliphatic carboxylic acids is 1. The number of benzene rings is 2. The number of rotatable bonds is 9. The number of hydrogen-bond acceptors (Lipinski definition) is 4. The summed E-state index contributed by atoms with van der Waals surface area (Å²) in [7, 11) is 3.08. The summed E-state index contributed by atoms with van der Waals surface area (Å²) in [5.74, 6) is 0.156. The van der Waals surface area contributed by atoms with Crippen LogP contribution >= 0.6 is 0 Å². The number of carbonyl (C=O) groups is 1. The Morgan fingerprint density at radius 3 is 2.48 bits per heavy atom. The van der Waals surface area contributed by atoms with Crippen molar-refractivity contribution in [3.63, 3.8) is 0 Å². The van der Waals surface area contributed by atoms with Crippen molar-refractivity contribution in [3.05, 3.63) is 53.6 Å². The van der Waals surface area contributed by atoms with Gasteiger partial charge in [0.05, 0.1) is 26.7 Å². The molecule has 0 radical (unpaired) electrons. The van der Waals surface area contributed by atoms with Gasteiger partial charge in [-0.05, 0) is 42.7 Å². The second kappa shape index (κ2) is 8.97. The largest absolute Gasteiger partial charge is 0.497 e. The molecule has 2 aromatic rings. The lowest BCUT2D eigenvalue weighted by Crippen LogP contribution is -2.16. The Morgan fingerprint density at radius 1 is 1.08 bits per heavy atom. The third kappa shape index (κ3) is 4.66. The van der Waals surface area contributed by atoms with E-state index in [1.807, 2.05) is 31.2 Å². The van der Waals surface area contributed by atoms with Crippen LogP contribution in [0.2, 0.25) is 0 Å². The lowest BCUT2D eigenvalue weighted by molar-refractivity contribution is -0.138. The Labute approximate surface area is 148 Å². The Balaban J connectivity index is 2.39. The number of carboxylic acids is 1. The Bertz CT molecular complexity index is 711. The summed E-state index contributed by atoms with van der Waals surface area (Å²) >= 11 is 0. The summed E-state index contributed by atoms with van der Waals surface area (Å²) in [5.41, 5.74) is 1.44. The fourth-order valence-corrected chi connectivity index (χ4v) is 2.69. The van der Waals surface area contributed by atoms with E-state index in [1.165, 1.54) is 7.11 Å². The monoisotopic (exact) mass is 344 g/mol. The van der Waals surface area contributed by atoms with Gasteiger partial charge >= 0.3 is 5.97 Å². The molecule has 0 aliphatic heterocycles. The number of para-hydroxylation sites is 1. The van der Waals surface area contributed by atoms with Gasteiger partial charge in [0.1, 0.15) is 17.2 Å². The number of hydrogen-bond donors (Lipinski definition) is 1. The molecule has 2 aromatic carbocycles. The molecule has 0 fully saturated rings. The van der Waals surface area contributed by atoms with Gasteiger partial charge in [0, 0.05) is 5.56 Å². The summed E-state index contributed by atoms with van der Waals surface area (Å²) in [6, 6.07) is 12.7. The van der Waals surface area contributed by atoms with Crippen LogP contribution in [0.4, 0.5) is 0 Å². The first-order valence-corrected chi connectivity index (χ1v) is 8.26. The maximum absolute atomic E-state index is 12.0. The van der Waals surface area contributed by atoms with Crippen molar-refractivity contribution < 1.29 is 24.1 Å². The number of carboxylic acid groups (broad SMARTS) is 1. The highest BCUT2D eigenvalue weighted by Gasteiger charge is 2.26. The predicted molar refractivity (Wildman–Crippen MR) is 95.9 cm³/mol. The van der Waals surface area contributed by atoms with E-state index in [9.17, 15) is 9.90 Å². The van der Waals surface area contributed by atoms with Gasteiger partial charge in [-0.25, -0.2) is 0 Å². The van der Waals surface area contributed by atoms with Crippen LogP contribution < -0.4 is 14.2 Å². The van der Waals surface area contributed by atoms with E-state index >= 15 is 0 Å². The summed E-state index contributed by atoms with van der Waals surface area (Å²) in [6.07, 6.45) is 1.19. The van der Waals surface area contributed by atoms with E-state index in [4.69, 9.17) is 14.2 Å². The molecule has 1 N–H and O–H groups in total. The van der Waals surface area contributed by atoms with Crippen molar-refractivity contribution in [2.45, 2.75) is 25.7 Å². The maximum Gasteiger partial charge on any atom is 0.311 e. The molecule has 0 saturated carbocycles. The summed E-state index contributed by atoms with van der Waals surface area (Å²) in [4.78, 5) is 12.0. The predicted octanol–water partition coefficient (Wildman–Crippen LogP) is 3.90. The highest BCUT2D eigenvalue weighted by Crippen LogP contribution is 2.34. The summed E-state index contributed by atoms with van der Waals surface area (Å²) < 4.78 is 16.4. The second-order valence-corrected chi connectivity index (χ2v) is 5.66. The standard InChI is InChI=1S/C20H24O5/c1-4-11-25-18-8-6-5-7-14(18)12-17(20(21)22)16-13-15(23-2)9-10-19(16)24-3/h5-10,13,17H,4,11-12H2,1-3H3,(H,21,22). The molecule has 5 heteroatoms. The third-order valence-electron chi connectivity index (χ3n) is 3.97. The summed E-state index contributed by atoms with van der Waals surface area (Å²) in [5, 5.41) is 9.80. The summed E-state index contributed by atoms with van der Waals surface area (Å²) in [6.45, 7) is 2.63. The number of ether oxygens (including phenoxy) is 3. The lowest BCUT2D eigenvalue weighted by Gasteiger charge is -2.19. The highest BCUT2D eigenvalue weighted by atomic mass is 16.5. The van der Waals surface area contributed by atoms with Crippen LogP contribution in [0.25, 0.3) is 0 Å². The van der Waals surface area contributed by atoms with Crippen molar-refractivity contribution in [2.24, 2.45) is 0 Å². The van der Waals surface area contributed by atoms with E-state index in [0.717, 1.165) is 17.7 Å². The molecule has 0 aromatic heterocycles. The Hall–Kier alpha value is -2.69. The van der Waals surface area contributed by atoms with Crippen molar-refractivity contribution in [3.8, 4) is 17.2 Å². The van der Waals surface area contributed by atoms with Gasteiger partial charge < -0.3 is 19.3 Å². The second-order valence-electron chi connectivity index (χ2n) is 5.66. The van der Waals surface area contributed by atoms with Crippen LogP contribution in [-0.4, -0.2) is 31.9 Å². The molecule has 2 rings (SSSR count). The normalized spacial score (nSPS) is 11.6. The zero-order valence-electron chi connectivity index (χ0n) is 14.8. The molecule has 0 aliphatic carbocycles. The molecule has 1 unspecified atom stereocenters. The molecule has 134 valence electrons. The van der Waals surface area contributed by atoms with Crippen molar-refractivity contribution in [1.29, 1.82) is 0 Å². The zero-order valence-corrected chi connectivity index (χ0v) is 14.8. The zero-order chi connectivity index (χ0) is 18.2. The molecule has 25 heavy (non-hydrogen) atoms. The molecule has 1 atom stereocenters. The van der Waals surface area contributed by atoms with Crippen LogP contribution in [0.15, 0.2) is 42.5 Å². The minimum Gasteiger partial charge on any atom is -0.497 e. The van der Waals surface area contributed by atoms with Gasteiger partial charge in [0.25, 0.3) is 0 Å². The van der Waals surface area contributed by atoms with Gasteiger partial charge in [-0.2, -0.15) is 0 Å². The van der Waals surface area contributed by atoms with E-state index < -0.39 is 11.9 Å². The Kier molecular flexibility index (Phi) is 6.69. The molecule has 0 aliphatic rings. The van der Waals surface area contributed by atoms with Crippen molar-refractivity contribution in [2.75, 3.05) is 20.8 Å². The van der Waals surface area contributed by atoms with E-state index in [-0.39, 0.29) is 0 Å². The van der Waals surface area contributed by atoms with E-state index in [2.05, 4.69) is 0 Å². The van der Waals surface area contributed by atoms with E-state index in [1.54, 1.807) is 25.3 Å². The van der Waals surface area contributed by atoms with Gasteiger partial charge in [-0.3, -0.25) is 4.79 Å². The van der Waals surface area contributed by atoms with Gasteiger partial charge in [-0.15, -0.1) is 0 Å². The minimum absolute atomic E-state index is 0.304. The van der Waals surface area contributed by atoms with Crippen LogP contribution in [0.1, 0.15) is 30.4 Å². The van der Waals surface area contributed by atoms with E-state index in [0.29, 0.717) is 30.1 Å². The molecule has 5 nitrogen and oxygen atoms in total. The highest BCUT2D eigenvalue weighted by molar-refractivity contribution is 5.78. The first-order chi connectivity index (χ1) is 12.1. The molecule has 0 saturated heterocycles. The average Bonchev–Trinajstić information content (AvgIpc) is 2.64. The molecule has 0 heterocycles. The molecular formula is C20H24O5. The minimum atomic E-state index is -0.920. The van der Waals surface area contributed by atoms with Gasteiger partial charge in [0.2, 0.25) is 0 Å². The SMILES string of the molecule is CCCOc1ccccc1CC(C(=O)O)c1cc(OC)ccc1OC. The van der Waals surface area contributed by atoms with Crippen molar-refractivity contribution in [1.82, 2.24) is 0 Å². The average molecular weight is 344 g/mol. The Morgan fingerprint density at radius 2 is 1.84 bits per heavy atom. The van der Waals surface area contributed by atoms with Crippen LogP contribution in [0, 0.1) is 0 Å². The maximum atomic E-state index is 12.0. The smallest absolute Gasteiger partial charge is 0.311 e. The van der Waals surface area contributed by atoms with Crippen molar-refractivity contribution >= 4 is 5.97 Å². The lowest BCUT2D eigenvalue weighted by atomic mass is 9.90. The fraction of sp³-hybridized carbons (Fsp3) is 0.350. The van der Waals surface area contributed by atoms with Crippen LogP contribution in [0.5, 0.6) is 17.2 Å².